The fraction of sp³-hybridized carbons (Fsp3) is 0.533. The van der Waals surface area contributed by atoms with Crippen LogP contribution in [0.25, 0.3) is 0 Å². The molecule has 2 rings (SSSR count). The maximum absolute atomic E-state index is 11.2. The van der Waals surface area contributed by atoms with E-state index in [4.69, 9.17) is 0 Å². The first kappa shape index (κ1) is 12.2. The number of anilines is 1. The van der Waals surface area contributed by atoms with E-state index in [1.165, 1.54) is 11.3 Å². The van der Waals surface area contributed by atoms with Crippen molar-refractivity contribution < 1.29 is 4.79 Å². The van der Waals surface area contributed by atoms with E-state index in [-0.39, 0.29) is 5.92 Å². The molecule has 1 aliphatic rings. The number of hydrogen-bond acceptors (Lipinski definition) is 2. The molecule has 0 aromatic heterocycles. The Labute approximate surface area is 104 Å². The van der Waals surface area contributed by atoms with Gasteiger partial charge in [0.05, 0.1) is 0 Å². The van der Waals surface area contributed by atoms with Crippen LogP contribution in [0.1, 0.15) is 38.7 Å². The Morgan fingerprint density at radius 2 is 1.82 bits per heavy atom. The summed E-state index contributed by atoms with van der Waals surface area (Å²) in [5.74, 6) is 1.11. The lowest BCUT2D eigenvalue weighted by Gasteiger charge is -2.21. The van der Waals surface area contributed by atoms with Gasteiger partial charge in [0, 0.05) is 24.7 Å². The molecule has 0 amide bonds. The number of Topliss-reactive ketones (excluding diaryl/α,β-unsaturated/α-hetero) is 1. The number of nitrogens with zero attached hydrogens (tertiary/aromatic N) is 1. The average molecular weight is 231 g/mol. The summed E-state index contributed by atoms with van der Waals surface area (Å²) in [6, 6.07) is 8.72. The highest BCUT2D eigenvalue weighted by Gasteiger charge is 2.41. The van der Waals surface area contributed by atoms with Crippen molar-refractivity contribution in [2.75, 3.05) is 18.0 Å². The third kappa shape index (κ3) is 2.51. The van der Waals surface area contributed by atoms with Crippen LogP contribution in [0.2, 0.25) is 0 Å². The summed E-state index contributed by atoms with van der Waals surface area (Å²) in [4.78, 5) is 13.6. The summed E-state index contributed by atoms with van der Waals surface area (Å²) < 4.78 is 0. The van der Waals surface area contributed by atoms with Crippen molar-refractivity contribution in [2.45, 2.75) is 33.1 Å². The molecular weight excluding hydrogens is 210 g/mol. The Kier molecular flexibility index (Phi) is 3.51. The van der Waals surface area contributed by atoms with E-state index in [0.29, 0.717) is 11.7 Å². The van der Waals surface area contributed by atoms with Crippen molar-refractivity contribution >= 4 is 11.5 Å². The van der Waals surface area contributed by atoms with Gasteiger partial charge in [-0.2, -0.15) is 0 Å². The summed E-state index contributed by atoms with van der Waals surface area (Å²) in [5.41, 5.74) is 2.60. The van der Waals surface area contributed by atoms with Crippen molar-refractivity contribution in [1.82, 2.24) is 0 Å². The van der Waals surface area contributed by atoms with Crippen LogP contribution in [0.3, 0.4) is 0 Å². The molecular formula is C15H21NO. The molecule has 0 heterocycles. The average Bonchev–Trinajstić information content (AvgIpc) is 3.12. The number of rotatable bonds is 5. The van der Waals surface area contributed by atoms with E-state index in [9.17, 15) is 4.79 Å². The molecule has 2 unspecified atom stereocenters. The largest absolute Gasteiger partial charge is 0.372 e. The van der Waals surface area contributed by atoms with Crippen LogP contribution in [0.4, 0.5) is 5.69 Å². The minimum atomic E-state index is 0.286. The zero-order chi connectivity index (χ0) is 12.4. The molecule has 2 heteroatoms. The molecule has 17 heavy (non-hydrogen) atoms. The standard InChI is InChI=1S/C15H21NO/c1-4-16(5-2)13-8-6-12(7-9-13)15-10-14(15)11(3)17/h6-9,14-15H,4-5,10H2,1-3H3. The van der Waals surface area contributed by atoms with Gasteiger partial charge in [0.1, 0.15) is 5.78 Å². The molecule has 2 nitrogen and oxygen atoms in total. The van der Waals surface area contributed by atoms with Gasteiger partial charge in [0.2, 0.25) is 0 Å². The Hall–Kier alpha value is -1.31. The number of carbonyl (C=O) groups is 1. The van der Waals surface area contributed by atoms with Crippen molar-refractivity contribution in [1.29, 1.82) is 0 Å². The fourth-order valence-electron chi connectivity index (χ4n) is 2.53. The van der Waals surface area contributed by atoms with Gasteiger partial charge in [0.15, 0.2) is 0 Å². The van der Waals surface area contributed by atoms with Crippen LogP contribution in [0.5, 0.6) is 0 Å². The van der Waals surface area contributed by atoms with Crippen LogP contribution in [0.15, 0.2) is 24.3 Å². The molecule has 0 bridgehead atoms. The van der Waals surface area contributed by atoms with Crippen LogP contribution < -0.4 is 4.90 Å². The second kappa shape index (κ2) is 4.91. The molecule has 1 aromatic carbocycles. The predicted octanol–water partition coefficient (Wildman–Crippen LogP) is 3.23. The summed E-state index contributed by atoms with van der Waals surface area (Å²) in [6.07, 6.45) is 1.04. The molecule has 0 spiro atoms. The van der Waals surface area contributed by atoms with E-state index in [1.807, 2.05) is 0 Å². The summed E-state index contributed by atoms with van der Waals surface area (Å²) in [7, 11) is 0. The Morgan fingerprint density at radius 1 is 1.24 bits per heavy atom. The van der Waals surface area contributed by atoms with Crippen LogP contribution >= 0.6 is 0 Å². The molecule has 0 N–H and O–H groups in total. The van der Waals surface area contributed by atoms with Crippen molar-refractivity contribution in [2.24, 2.45) is 5.92 Å². The molecule has 1 fully saturated rings. The third-order valence-electron chi connectivity index (χ3n) is 3.76. The van der Waals surface area contributed by atoms with Gasteiger partial charge in [-0.15, -0.1) is 0 Å². The van der Waals surface area contributed by atoms with Gasteiger partial charge < -0.3 is 4.90 Å². The fourth-order valence-corrected chi connectivity index (χ4v) is 2.53. The van der Waals surface area contributed by atoms with Crippen molar-refractivity contribution in [3.8, 4) is 0 Å². The van der Waals surface area contributed by atoms with Gasteiger partial charge in [-0.3, -0.25) is 4.79 Å². The SMILES string of the molecule is CCN(CC)c1ccc(C2CC2C(C)=O)cc1. The second-order valence-corrected chi connectivity index (χ2v) is 4.82. The molecule has 92 valence electrons. The van der Waals surface area contributed by atoms with E-state index >= 15 is 0 Å². The summed E-state index contributed by atoms with van der Waals surface area (Å²) in [5, 5.41) is 0. The minimum absolute atomic E-state index is 0.286. The highest BCUT2D eigenvalue weighted by Crippen LogP contribution is 2.48. The molecule has 1 aliphatic carbocycles. The zero-order valence-electron chi connectivity index (χ0n) is 10.9. The lowest BCUT2D eigenvalue weighted by Crippen LogP contribution is -2.21. The van der Waals surface area contributed by atoms with Gasteiger partial charge in [-0.1, -0.05) is 12.1 Å². The number of ketones is 1. The first-order chi connectivity index (χ1) is 8.17. The lowest BCUT2D eigenvalue weighted by molar-refractivity contribution is -0.118. The highest BCUT2D eigenvalue weighted by atomic mass is 16.1. The van der Waals surface area contributed by atoms with Crippen LogP contribution in [-0.2, 0) is 4.79 Å². The molecule has 2 atom stereocenters. The molecule has 0 saturated heterocycles. The first-order valence-electron chi connectivity index (χ1n) is 6.52. The second-order valence-electron chi connectivity index (χ2n) is 4.82. The molecule has 1 aromatic rings. The quantitative estimate of drug-likeness (QED) is 0.775. The monoisotopic (exact) mass is 231 g/mol. The molecule has 0 radical (unpaired) electrons. The Balaban J connectivity index is 2.06. The van der Waals surface area contributed by atoms with Gasteiger partial charge in [-0.25, -0.2) is 0 Å². The zero-order valence-corrected chi connectivity index (χ0v) is 10.9. The normalized spacial score (nSPS) is 22.3. The first-order valence-corrected chi connectivity index (χ1v) is 6.52. The smallest absolute Gasteiger partial charge is 0.133 e. The molecule has 1 saturated carbocycles. The van der Waals surface area contributed by atoms with Crippen molar-refractivity contribution in [3.63, 3.8) is 0 Å². The predicted molar refractivity (Wildman–Crippen MR) is 71.5 cm³/mol. The Morgan fingerprint density at radius 3 is 2.24 bits per heavy atom. The van der Waals surface area contributed by atoms with Gasteiger partial charge in [0.25, 0.3) is 0 Å². The van der Waals surface area contributed by atoms with Gasteiger partial charge in [-0.05, 0) is 50.8 Å². The Bertz CT molecular complexity index is 392. The molecule has 0 aliphatic heterocycles. The minimum Gasteiger partial charge on any atom is -0.372 e. The number of benzene rings is 1. The van der Waals surface area contributed by atoms with E-state index in [1.54, 1.807) is 6.92 Å². The van der Waals surface area contributed by atoms with E-state index in [0.717, 1.165) is 19.5 Å². The topological polar surface area (TPSA) is 20.3 Å². The maximum Gasteiger partial charge on any atom is 0.133 e. The number of carbonyl (C=O) groups excluding carboxylic acids is 1. The lowest BCUT2D eigenvalue weighted by atomic mass is 10.1. The van der Waals surface area contributed by atoms with Gasteiger partial charge >= 0.3 is 0 Å². The van der Waals surface area contributed by atoms with Crippen molar-refractivity contribution in [3.05, 3.63) is 29.8 Å². The van der Waals surface area contributed by atoms with Crippen LogP contribution in [0, 0.1) is 5.92 Å². The highest BCUT2D eigenvalue weighted by molar-refractivity contribution is 5.82. The summed E-state index contributed by atoms with van der Waals surface area (Å²) >= 11 is 0. The number of hydrogen-bond donors (Lipinski definition) is 0. The van der Waals surface area contributed by atoms with E-state index in [2.05, 4.69) is 43.0 Å². The maximum atomic E-state index is 11.2. The van der Waals surface area contributed by atoms with Crippen LogP contribution in [-0.4, -0.2) is 18.9 Å². The summed E-state index contributed by atoms with van der Waals surface area (Å²) in [6.45, 7) is 8.12. The van der Waals surface area contributed by atoms with E-state index < -0.39 is 0 Å². The third-order valence-corrected chi connectivity index (χ3v) is 3.76.